The average molecular weight is 1010 g/mol. The largest absolute Gasteiger partial charge is 0.462 e. The zero-order valence-corrected chi connectivity index (χ0v) is 48.5. The van der Waals surface area contributed by atoms with E-state index in [1.165, 1.54) is 225 Å². The van der Waals surface area contributed by atoms with Gasteiger partial charge in [0.1, 0.15) is 13.2 Å². The molecule has 0 aromatic rings. The van der Waals surface area contributed by atoms with Gasteiger partial charge in [-0.05, 0) is 51.4 Å². The average Bonchev–Trinajstić information content (AvgIpc) is 3.38. The van der Waals surface area contributed by atoms with Crippen molar-refractivity contribution >= 4 is 17.9 Å². The van der Waals surface area contributed by atoms with E-state index in [0.29, 0.717) is 19.3 Å². The zero-order valence-electron chi connectivity index (χ0n) is 48.5. The lowest BCUT2D eigenvalue weighted by Crippen LogP contribution is -2.30. The number of allylic oxidation sites excluding steroid dienone is 6. The summed E-state index contributed by atoms with van der Waals surface area (Å²) < 4.78 is 16.9. The number of rotatable bonds is 59. The Morgan fingerprint density at radius 1 is 0.292 bits per heavy atom. The fraction of sp³-hybridized carbons (Fsp3) is 0.864. The minimum absolute atomic E-state index is 0.0713. The third kappa shape index (κ3) is 58.5. The predicted molar refractivity (Wildman–Crippen MR) is 312 cm³/mol. The number of hydrogen-bond acceptors (Lipinski definition) is 6. The molecule has 0 rings (SSSR count). The van der Waals surface area contributed by atoms with Crippen molar-refractivity contribution in [2.24, 2.45) is 0 Å². The van der Waals surface area contributed by atoms with E-state index in [1.807, 2.05) is 0 Å². The van der Waals surface area contributed by atoms with Crippen LogP contribution in [-0.2, 0) is 28.6 Å². The molecule has 0 fully saturated rings. The van der Waals surface area contributed by atoms with Gasteiger partial charge in [0.25, 0.3) is 0 Å². The Labute approximate surface area is 448 Å². The van der Waals surface area contributed by atoms with Gasteiger partial charge < -0.3 is 14.2 Å². The van der Waals surface area contributed by atoms with E-state index >= 15 is 0 Å². The number of hydrogen-bond donors (Lipinski definition) is 0. The highest BCUT2D eigenvalue weighted by Crippen LogP contribution is 2.18. The number of carbonyl (C=O) groups excluding carboxylic acids is 3. The molecule has 72 heavy (non-hydrogen) atoms. The van der Waals surface area contributed by atoms with Crippen molar-refractivity contribution in [1.29, 1.82) is 0 Å². The Morgan fingerprint density at radius 3 is 0.847 bits per heavy atom. The second-order valence-corrected chi connectivity index (χ2v) is 21.7. The molecule has 0 N–H and O–H groups in total. The van der Waals surface area contributed by atoms with Crippen molar-refractivity contribution in [1.82, 2.24) is 0 Å². The lowest BCUT2D eigenvalue weighted by Gasteiger charge is -2.18. The molecule has 0 aromatic carbocycles. The molecule has 0 saturated carbocycles. The summed E-state index contributed by atoms with van der Waals surface area (Å²) >= 11 is 0. The van der Waals surface area contributed by atoms with Gasteiger partial charge in [-0.1, -0.05) is 314 Å². The van der Waals surface area contributed by atoms with Crippen LogP contribution in [0.25, 0.3) is 0 Å². The molecule has 6 heteroatoms. The fourth-order valence-electron chi connectivity index (χ4n) is 9.64. The fourth-order valence-corrected chi connectivity index (χ4v) is 9.64. The van der Waals surface area contributed by atoms with Crippen LogP contribution in [0, 0.1) is 0 Å². The highest BCUT2D eigenvalue weighted by atomic mass is 16.6. The van der Waals surface area contributed by atoms with Crippen molar-refractivity contribution in [3.63, 3.8) is 0 Å². The molecule has 0 bridgehead atoms. The van der Waals surface area contributed by atoms with Gasteiger partial charge in [-0.25, -0.2) is 0 Å². The van der Waals surface area contributed by atoms with Gasteiger partial charge >= 0.3 is 17.9 Å². The lowest BCUT2D eigenvalue weighted by molar-refractivity contribution is -0.167. The summed E-state index contributed by atoms with van der Waals surface area (Å²) in [5, 5.41) is 0. The Bertz CT molecular complexity index is 1210. The molecule has 0 saturated heterocycles. The highest BCUT2D eigenvalue weighted by Gasteiger charge is 2.19. The molecule has 422 valence electrons. The molecular weight excluding hydrogens is 889 g/mol. The van der Waals surface area contributed by atoms with E-state index in [4.69, 9.17) is 14.2 Å². The topological polar surface area (TPSA) is 78.9 Å². The van der Waals surface area contributed by atoms with Gasteiger partial charge in [-0.3, -0.25) is 14.4 Å². The summed E-state index contributed by atoms with van der Waals surface area (Å²) in [5.41, 5.74) is 0. The maximum Gasteiger partial charge on any atom is 0.306 e. The number of unbranched alkanes of at least 4 members (excludes halogenated alkanes) is 42. The van der Waals surface area contributed by atoms with E-state index in [0.717, 1.165) is 83.5 Å². The first kappa shape index (κ1) is 69.6. The van der Waals surface area contributed by atoms with Crippen LogP contribution < -0.4 is 0 Å². The molecule has 0 aromatic heterocycles. The monoisotopic (exact) mass is 1010 g/mol. The van der Waals surface area contributed by atoms with Crippen LogP contribution in [0.3, 0.4) is 0 Å². The van der Waals surface area contributed by atoms with Crippen molar-refractivity contribution < 1.29 is 28.6 Å². The van der Waals surface area contributed by atoms with Crippen LogP contribution in [0.1, 0.15) is 348 Å². The van der Waals surface area contributed by atoms with Crippen molar-refractivity contribution in [2.45, 2.75) is 354 Å². The van der Waals surface area contributed by atoms with E-state index in [1.54, 1.807) is 0 Å². The first-order valence-corrected chi connectivity index (χ1v) is 32.0. The standard InChI is InChI=1S/C66H122O6/c1-4-7-10-13-16-19-22-24-26-28-29-30-31-32-33-34-35-36-37-39-40-42-44-47-50-53-56-59-65(68)71-62-63(61-70-64(67)58-55-52-49-46-21-18-15-12-9-6-3)72-66(69)60-57-54-51-48-45-43-41-38-27-25-23-20-17-14-11-8-5-2/h8,11,17,20,25,27,63H,4-7,9-10,12-16,18-19,21-24,26,28-62H2,1-3H3/b11-8-,20-17-,27-25-. The van der Waals surface area contributed by atoms with Crippen molar-refractivity contribution in [3.8, 4) is 0 Å². The number of carbonyl (C=O) groups is 3. The van der Waals surface area contributed by atoms with E-state index in [2.05, 4.69) is 57.2 Å². The zero-order chi connectivity index (χ0) is 52.2. The van der Waals surface area contributed by atoms with E-state index in [9.17, 15) is 14.4 Å². The second kappa shape index (κ2) is 61.2. The van der Waals surface area contributed by atoms with Crippen LogP contribution in [0.4, 0.5) is 0 Å². The molecule has 0 aliphatic carbocycles. The Morgan fingerprint density at radius 2 is 0.542 bits per heavy atom. The highest BCUT2D eigenvalue weighted by molar-refractivity contribution is 5.71. The van der Waals surface area contributed by atoms with Gasteiger partial charge in [-0.2, -0.15) is 0 Å². The Balaban J connectivity index is 4.14. The van der Waals surface area contributed by atoms with E-state index < -0.39 is 6.10 Å². The number of ether oxygens (including phenoxy) is 3. The summed E-state index contributed by atoms with van der Waals surface area (Å²) in [5.74, 6) is -0.861. The van der Waals surface area contributed by atoms with Crippen LogP contribution >= 0.6 is 0 Å². The van der Waals surface area contributed by atoms with Crippen LogP contribution in [0.2, 0.25) is 0 Å². The minimum Gasteiger partial charge on any atom is -0.462 e. The summed E-state index contributed by atoms with van der Waals surface area (Å²) in [6, 6.07) is 0. The summed E-state index contributed by atoms with van der Waals surface area (Å²) in [6.45, 7) is 6.57. The van der Waals surface area contributed by atoms with Gasteiger partial charge in [0.15, 0.2) is 6.10 Å². The molecule has 0 amide bonds. The van der Waals surface area contributed by atoms with Crippen molar-refractivity contribution in [2.75, 3.05) is 13.2 Å². The quantitative estimate of drug-likeness (QED) is 0.0261. The molecule has 0 heterocycles. The van der Waals surface area contributed by atoms with Gasteiger partial charge in [-0.15, -0.1) is 0 Å². The lowest BCUT2D eigenvalue weighted by atomic mass is 10.0. The molecule has 0 aliphatic heterocycles. The summed E-state index contributed by atoms with van der Waals surface area (Å²) in [4.78, 5) is 38.2. The molecular formula is C66H122O6. The smallest absolute Gasteiger partial charge is 0.306 e. The number of esters is 3. The molecule has 0 aliphatic rings. The Kier molecular flexibility index (Phi) is 59.2. The molecule has 0 spiro atoms. The minimum atomic E-state index is -0.773. The maximum atomic E-state index is 12.9. The van der Waals surface area contributed by atoms with Gasteiger partial charge in [0.05, 0.1) is 0 Å². The molecule has 1 unspecified atom stereocenters. The SMILES string of the molecule is CC/C=C\C/C=C\C/C=C\CCCCCCCCCC(=O)OC(COC(=O)CCCCCCCCCCCC)COC(=O)CCCCCCCCCCCCCCCCCCCCCCCCCCCCC. The molecule has 0 radical (unpaired) electrons. The second-order valence-electron chi connectivity index (χ2n) is 21.7. The predicted octanol–water partition coefficient (Wildman–Crippen LogP) is 21.6. The molecule has 1 atom stereocenters. The summed E-state index contributed by atoms with van der Waals surface area (Å²) in [7, 11) is 0. The van der Waals surface area contributed by atoms with E-state index in [-0.39, 0.29) is 31.1 Å². The van der Waals surface area contributed by atoms with Crippen LogP contribution in [0.5, 0.6) is 0 Å². The molecule has 6 nitrogen and oxygen atoms in total. The third-order valence-corrected chi connectivity index (χ3v) is 14.4. The maximum absolute atomic E-state index is 12.9. The normalized spacial score (nSPS) is 12.2. The van der Waals surface area contributed by atoms with Crippen LogP contribution in [0.15, 0.2) is 36.5 Å². The van der Waals surface area contributed by atoms with Gasteiger partial charge in [0, 0.05) is 19.3 Å². The van der Waals surface area contributed by atoms with Gasteiger partial charge in [0.2, 0.25) is 0 Å². The first-order valence-electron chi connectivity index (χ1n) is 32.0. The van der Waals surface area contributed by atoms with Crippen LogP contribution in [-0.4, -0.2) is 37.2 Å². The third-order valence-electron chi connectivity index (χ3n) is 14.4. The first-order chi connectivity index (χ1) is 35.5. The van der Waals surface area contributed by atoms with Crippen molar-refractivity contribution in [3.05, 3.63) is 36.5 Å². The summed E-state index contributed by atoms with van der Waals surface area (Å²) in [6.07, 6.45) is 74.6. The Hall–Kier alpha value is -2.37.